The van der Waals surface area contributed by atoms with Crippen LogP contribution in [0.4, 0.5) is 5.69 Å². The maximum atomic E-state index is 12.3. The summed E-state index contributed by atoms with van der Waals surface area (Å²) in [6.45, 7) is 7.60. The van der Waals surface area contributed by atoms with E-state index in [1.54, 1.807) is 10.9 Å². The van der Waals surface area contributed by atoms with E-state index in [1.165, 1.54) is 5.56 Å². The highest BCUT2D eigenvalue weighted by atomic mass is 16.5. The monoisotopic (exact) mass is 328 g/mol. The van der Waals surface area contributed by atoms with Crippen LogP contribution in [0.15, 0.2) is 30.5 Å². The number of benzene rings is 1. The molecule has 0 radical (unpaired) electrons. The zero-order valence-corrected chi connectivity index (χ0v) is 14.5. The van der Waals surface area contributed by atoms with Crippen LogP contribution in [0, 0.1) is 6.92 Å². The number of morpholine rings is 1. The topological polar surface area (TPSA) is 59.4 Å². The fraction of sp³-hybridized carbons (Fsp3) is 0.444. The molecule has 0 saturated carbocycles. The summed E-state index contributed by atoms with van der Waals surface area (Å²) in [5.41, 5.74) is 3.49. The van der Waals surface area contributed by atoms with E-state index in [1.807, 2.05) is 26.1 Å². The molecule has 1 unspecified atom stereocenters. The molecule has 1 aliphatic heterocycles. The van der Waals surface area contributed by atoms with Crippen molar-refractivity contribution in [1.82, 2.24) is 14.7 Å². The molecule has 0 bridgehead atoms. The van der Waals surface area contributed by atoms with E-state index < -0.39 is 0 Å². The summed E-state index contributed by atoms with van der Waals surface area (Å²) in [5.74, 6) is -0.130. The SMILES string of the molecule is Cc1c(C(=O)Nc2ccc(C(C)N3CCOCC3)cc2)cnn1C. The van der Waals surface area contributed by atoms with Gasteiger partial charge in [0.2, 0.25) is 0 Å². The van der Waals surface area contributed by atoms with Crippen molar-refractivity contribution in [1.29, 1.82) is 0 Å². The lowest BCUT2D eigenvalue weighted by molar-refractivity contribution is 0.0198. The van der Waals surface area contributed by atoms with Gasteiger partial charge in [-0.1, -0.05) is 12.1 Å². The molecule has 1 N–H and O–H groups in total. The number of carbonyl (C=O) groups is 1. The van der Waals surface area contributed by atoms with Gasteiger partial charge in [-0.15, -0.1) is 0 Å². The number of aromatic nitrogens is 2. The van der Waals surface area contributed by atoms with Crippen LogP contribution >= 0.6 is 0 Å². The maximum Gasteiger partial charge on any atom is 0.259 e. The molecule has 6 heteroatoms. The molecular weight excluding hydrogens is 304 g/mol. The van der Waals surface area contributed by atoms with Gasteiger partial charge < -0.3 is 10.1 Å². The predicted octanol–water partition coefficient (Wildman–Crippen LogP) is 2.37. The van der Waals surface area contributed by atoms with Crippen molar-refractivity contribution in [2.24, 2.45) is 7.05 Å². The first-order valence-corrected chi connectivity index (χ1v) is 8.28. The first-order valence-electron chi connectivity index (χ1n) is 8.28. The molecular formula is C18H24N4O2. The number of aryl methyl sites for hydroxylation is 1. The van der Waals surface area contributed by atoms with Gasteiger partial charge in [0.1, 0.15) is 0 Å². The molecule has 2 aromatic rings. The number of carbonyl (C=O) groups excluding carboxylic acids is 1. The van der Waals surface area contributed by atoms with E-state index in [9.17, 15) is 4.79 Å². The summed E-state index contributed by atoms with van der Waals surface area (Å²) in [6, 6.07) is 8.41. The molecule has 1 atom stereocenters. The lowest BCUT2D eigenvalue weighted by Gasteiger charge is -2.32. The molecule has 1 fully saturated rings. The van der Waals surface area contributed by atoms with Gasteiger partial charge in [0.15, 0.2) is 0 Å². The van der Waals surface area contributed by atoms with E-state index in [0.29, 0.717) is 11.6 Å². The maximum absolute atomic E-state index is 12.3. The van der Waals surface area contributed by atoms with Gasteiger partial charge in [-0.2, -0.15) is 5.10 Å². The molecule has 128 valence electrons. The van der Waals surface area contributed by atoms with E-state index in [2.05, 4.69) is 34.4 Å². The number of hydrogen-bond acceptors (Lipinski definition) is 4. The number of nitrogens with zero attached hydrogens (tertiary/aromatic N) is 3. The van der Waals surface area contributed by atoms with Crippen LogP contribution in [-0.2, 0) is 11.8 Å². The minimum atomic E-state index is -0.130. The predicted molar refractivity (Wildman–Crippen MR) is 93.1 cm³/mol. The largest absolute Gasteiger partial charge is 0.379 e. The highest BCUT2D eigenvalue weighted by Crippen LogP contribution is 2.23. The van der Waals surface area contributed by atoms with Crippen molar-refractivity contribution in [3.05, 3.63) is 47.3 Å². The summed E-state index contributed by atoms with van der Waals surface area (Å²) in [5, 5.41) is 7.04. The Labute approximate surface area is 142 Å². The average molecular weight is 328 g/mol. The van der Waals surface area contributed by atoms with Crippen molar-refractivity contribution >= 4 is 11.6 Å². The Hall–Kier alpha value is -2.18. The van der Waals surface area contributed by atoms with E-state index in [-0.39, 0.29) is 5.91 Å². The second-order valence-electron chi connectivity index (χ2n) is 6.17. The summed E-state index contributed by atoms with van der Waals surface area (Å²) in [4.78, 5) is 14.7. The average Bonchev–Trinajstić information content (AvgIpc) is 2.95. The van der Waals surface area contributed by atoms with Crippen LogP contribution in [0.1, 0.15) is 34.6 Å². The Bertz CT molecular complexity index is 702. The Morgan fingerprint density at radius 2 is 1.92 bits per heavy atom. The van der Waals surface area contributed by atoms with Gasteiger partial charge in [0.05, 0.1) is 25.0 Å². The standard InChI is InChI=1S/C18H24N4O2/c1-13(22-8-10-24-11-9-22)15-4-6-16(7-5-15)20-18(23)17-12-19-21(3)14(17)2/h4-7,12-13H,8-11H2,1-3H3,(H,20,23). The van der Waals surface area contributed by atoms with E-state index >= 15 is 0 Å². The number of amides is 1. The summed E-state index contributed by atoms with van der Waals surface area (Å²) in [7, 11) is 1.83. The Kier molecular flexibility index (Phi) is 4.97. The first kappa shape index (κ1) is 16.7. The van der Waals surface area contributed by atoms with Gasteiger partial charge in [-0.25, -0.2) is 0 Å². The van der Waals surface area contributed by atoms with Gasteiger partial charge in [0.25, 0.3) is 5.91 Å². The van der Waals surface area contributed by atoms with Crippen molar-refractivity contribution in [3.63, 3.8) is 0 Å². The van der Waals surface area contributed by atoms with E-state index in [0.717, 1.165) is 37.7 Å². The van der Waals surface area contributed by atoms with Crippen LogP contribution in [0.25, 0.3) is 0 Å². The molecule has 2 heterocycles. The number of anilines is 1. The Morgan fingerprint density at radius 1 is 1.25 bits per heavy atom. The van der Waals surface area contributed by atoms with Crippen LogP contribution in [0.5, 0.6) is 0 Å². The molecule has 1 aromatic heterocycles. The fourth-order valence-electron chi connectivity index (χ4n) is 2.94. The fourth-order valence-corrected chi connectivity index (χ4v) is 2.94. The number of rotatable bonds is 4. The van der Waals surface area contributed by atoms with Crippen molar-refractivity contribution < 1.29 is 9.53 Å². The zero-order chi connectivity index (χ0) is 17.1. The normalized spacial score (nSPS) is 16.8. The molecule has 1 saturated heterocycles. The third-order valence-corrected chi connectivity index (χ3v) is 4.72. The molecule has 1 aromatic carbocycles. The van der Waals surface area contributed by atoms with Gasteiger partial charge in [0, 0.05) is 37.6 Å². The summed E-state index contributed by atoms with van der Waals surface area (Å²) < 4.78 is 7.10. The molecule has 3 rings (SSSR count). The van der Waals surface area contributed by atoms with Gasteiger partial charge in [-0.3, -0.25) is 14.4 Å². The Balaban J connectivity index is 1.66. The second kappa shape index (κ2) is 7.15. The van der Waals surface area contributed by atoms with Crippen molar-refractivity contribution in [2.75, 3.05) is 31.6 Å². The zero-order valence-electron chi connectivity index (χ0n) is 14.5. The van der Waals surface area contributed by atoms with Gasteiger partial charge in [-0.05, 0) is 31.5 Å². The number of nitrogens with one attached hydrogen (secondary N) is 1. The number of ether oxygens (including phenoxy) is 1. The highest BCUT2D eigenvalue weighted by molar-refractivity contribution is 6.04. The first-order chi connectivity index (χ1) is 11.6. The molecule has 1 aliphatic rings. The smallest absolute Gasteiger partial charge is 0.259 e. The minimum Gasteiger partial charge on any atom is -0.379 e. The third-order valence-electron chi connectivity index (χ3n) is 4.72. The third kappa shape index (κ3) is 3.49. The molecule has 0 aliphatic carbocycles. The van der Waals surface area contributed by atoms with E-state index in [4.69, 9.17) is 4.74 Å². The lowest BCUT2D eigenvalue weighted by Crippen LogP contribution is -2.37. The highest BCUT2D eigenvalue weighted by Gasteiger charge is 2.18. The van der Waals surface area contributed by atoms with Gasteiger partial charge >= 0.3 is 0 Å². The van der Waals surface area contributed by atoms with Crippen LogP contribution in [-0.4, -0.2) is 46.9 Å². The summed E-state index contributed by atoms with van der Waals surface area (Å²) in [6.07, 6.45) is 1.60. The van der Waals surface area contributed by atoms with Crippen LogP contribution in [0.2, 0.25) is 0 Å². The van der Waals surface area contributed by atoms with Crippen LogP contribution < -0.4 is 5.32 Å². The van der Waals surface area contributed by atoms with Crippen LogP contribution in [0.3, 0.4) is 0 Å². The lowest BCUT2D eigenvalue weighted by atomic mass is 10.1. The molecule has 1 amide bonds. The number of hydrogen-bond donors (Lipinski definition) is 1. The minimum absolute atomic E-state index is 0.130. The molecule has 24 heavy (non-hydrogen) atoms. The molecule has 6 nitrogen and oxygen atoms in total. The Morgan fingerprint density at radius 3 is 2.50 bits per heavy atom. The van der Waals surface area contributed by atoms with Crippen molar-refractivity contribution in [3.8, 4) is 0 Å². The van der Waals surface area contributed by atoms with Crippen molar-refractivity contribution in [2.45, 2.75) is 19.9 Å². The summed E-state index contributed by atoms with van der Waals surface area (Å²) >= 11 is 0. The molecule has 0 spiro atoms. The quantitative estimate of drug-likeness (QED) is 0.936. The second-order valence-corrected chi connectivity index (χ2v) is 6.17.